The first kappa shape index (κ1) is 15.5. The normalized spacial score (nSPS) is 17.4. The summed E-state index contributed by atoms with van der Waals surface area (Å²) < 4.78 is 27.8. The largest absolute Gasteiger partial charge is 0.392 e. The van der Waals surface area contributed by atoms with Crippen LogP contribution < -0.4 is 4.72 Å². The molecule has 0 saturated heterocycles. The van der Waals surface area contributed by atoms with Crippen molar-refractivity contribution in [1.82, 2.24) is 4.72 Å². The van der Waals surface area contributed by atoms with E-state index in [9.17, 15) is 13.5 Å². The topological polar surface area (TPSA) is 66.4 Å². The van der Waals surface area contributed by atoms with Gasteiger partial charge in [0.25, 0.3) is 0 Å². The molecule has 0 spiro atoms. The van der Waals surface area contributed by atoms with Gasteiger partial charge in [-0.05, 0) is 49.4 Å². The molecular formula is C15H23NO3S. The van der Waals surface area contributed by atoms with Gasteiger partial charge in [0.05, 0.1) is 11.5 Å². The highest BCUT2D eigenvalue weighted by Gasteiger charge is 2.23. The number of benzene rings is 1. The molecule has 1 fully saturated rings. The molecule has 0 aliphatic heterocycles. The first-order valence-electron chi connectivity index (χ1n) is 7.17. The van der Waals surface area contributed by atoms with Gasteiger partial charge >= 0.3 is 0 Å². The Hall–Kier alpha value is -0.910. The van der Waals surface area contributed by atoms with Crippen LogP contribution in [0.4, 0.5) is 0 Å². The third-order valence-corrected chi connectivity index (χ3v) is 5.68. The highest BCUT2D eigenvalue weighted by atomic mass is 32.2. The molecule has 1 aliphatic carbocycles. The van der Waals surface area contributed by atoms with Crippen LogP contribution in [0.2, 0.25) is 0 Å². The minimum Gasteiger partial charge on any atom is -0.392 e. The van der Waals surface area contributed by atoms with Gasteiger partial charge in [-0.15, -0.1) is 0 Å². The second-order valence-electron chi connectivity index (χ2n) is 5.66. The smallest absolute Gasteiger partial charge is 0.241 e. The molecule has 0 heterocycles. The Morgan fingerprint density at radius 2 is 1.80 bits per heavy atom. The summed E-state index contributed by atoms with van der Waals surface area (Å²) in [5.74, 6) is 0. The van der Waals surface area contributed by atoms with Crippen LogP contribution in [0.15, 0.2) is 17.0 Å². The van der Waals surface area contributed by atoms with Crippen LogP contribution in [-0.2, 0) is 16.6 Å². The van der Waals surface area contributed by atoms with Gasteiger partial charge in [-0.3, -0.25) is 0 Å². The van der Waals surface area contributed by atoms with E-state index in [4.69, 9.17) is 0 Å². The predicted molar refractivity (Wildman–Crippen MR) is 79.0 cm³/mol. The lowest BCUT2D eigenvalue weighted by atomic mass is 9.96. The van der Waals surface area contributed by atoms with Gasteiger partial charge in [0.2, 0.25) is 10.0 Å². The molecule has 112 valence electrons. The molecule has 0 unspecified atom stereocenters. The molecule has 4 nitrogen and oxygen atoms in total. The zero-order valence-corrected chi connectivity index (χ0v) is 13.0. The summed E-state index contributed by atoms with van der Waals surface area (Å²) in [6, 6.07) is 3.46. The monoisotopic (exact) mass is 297 g/mol. The molecule has 5 heteroatoms. The van der Waals surface area contributed by atoms with Gasteiger partial charge in [-0.25, -0.2) is 13.1 Å². The Morgan fingerprint density at radius 3 is 2.40 bits per heavy atom. The molecular weight excluding hydrogens is 274 g/mol. The fourth-order valence-corrected chi connectivity index (χ4v) is 4.42. The minimum absolute atomic E-state index is 0.0482. The number of nitrogens with one attached hydrogen (secondary N) is 1. The van der Waals surface area contributed by atoms with Crippen LogP contribution in [0.1, 0.15) is 48.8 Å². The lowest BCUT2D eigenvalue weighted by Crippen LogP contribution is -2.36. The van der Waals surface area contributed by atoms with Crippen LogP contribution in [0.5, 0.6) is 0 Å². The third-order valence-electron chi connectivity index (χ3n) is 4.02. The summed E-state index contributed by atoms with van der Waals surface area (Å²) in [6.07, 6.45) is 5.19. The van der Waals surface area contributed by atoms with Crippen molar-refractivity contribution in [1.29, 1.82) is 0 Å². The number of aliphatic hydroxyl groups excluding tert-OH is 1. The second kappa shape index (κ2) is 6.24. The van der Waals surface area contributed by atoms with Crippen molar-refractivity contribution in [2.75, 3.05) is 0 Å². The van der Waals surface area contributed by atoms with Crippen molar-refractivity contribution >= 4 is 10.0 Å². The van der Waals surface area contributed by atoms with Gasteiger partial charge in [0.15, 0.2) is 0 Å². The van der Waals surface area contributed by atoms with Crippen LogP contribution >= 0.6 is 0 Å². The van der Waals surface area contributed by atoms with E-state index in [1.165, 1.54) is 6.42 Å². The zero-order chi connectivity index (χ0) is 14.8. The molecule has 0 amide bonds. The first-order valence-corrected chi connectivity index (χ1v) is 8.65. The van der Waals surface area contributed by atoms with Gasteiger partial charge in [0, 0.05) is 6.04 Å². The summed E-state index contributed by atoms with van der Waals surface area (Å²) in [4.78, 5) is 0.290. The van der Waals surface area contributed by atoms with E-state index in [1.807, 2.05) is 13.0 Å². The second-order valence-corrected chi connectivity index (χ2v) is 7.34. The Balaban J connectivity index is 2.28. The lowest BCUT2D eigenvalue weighted by Gasteiger charge is -2.23. The van der Waals surface area contributed by atoms with Gasteiger partial charge < -0.3 is 5.11 Å². The molecule has 0 radical (unpaired) electrons. The van der Waals surface area contributed by atoms with Gasteiger partial charge in [0.1, 0.15) is 0 Å². The molecule has 2 N–H and O–H groups in total. The fourth-order valence-electron chi connectivity index (χ4n) is 2.84. The first-order chi connectivity index (χ1) is 9.44. The molecule has 1 aliphatic rings. The Bertz CT molecular complexity index is 575. The number of hydrogen-bond donors (Lipinski definition) is 2. The van der Waals surface area contributed by atoms with Crippen LogP contribution in [-0.4, -0.2) is 19.6 Å². The average molecular weight is 297 g/mol. The molecule has 0 aromatic heterocycles. The van der Waals surface area contributed by atoms with Crippen LogP contribution in [0.3, 0.4) is 0 Å². The molecule has 1 aromatic rings. The maximum Gasteiger partial charge on any atom is 0.241 e. The van der Waals surface area contributed by atoms with E-state index in [1.54, 1.807) is 13.0 Å². The van der Waals surface area contributed by atoms with Crippen molar-refractivity contribution in [2.45, 2.75) is 63.5 Å². The standard InChI is InChI=1S/C15H23NO3S/c1-11-8-12(2)15(9-13(11)10-17)20(18,19)16-14-6-4-3-5-7-14/h8-9,14,16-17H,3-7,10H2,1-2H3. The quantitative estimate of drug-likeness (QED) is 0.897. The number of rotatable bonds is 4. The van der Waals surface area contributed by atoms with Crippen molar-refractivity contribution in [3.05, 3.63) is 28.8 Å². The zero-order valence-electron chi connectivity index (χ0n) is 12.1. The predicted octanol–water partition coefficient (Wildman–Crippen LogP) is 2.41. The Labute approximate surface area is 121 Å². The minimum atomic E-state index is -3.50. The molecule has 20 heavy (non-hydrogen) atoms. The molecule has 0 atom stereocenters. The SMILES string of the molecule is Cc1cc(C)c(S(=O)(=O)NC2CCCCC2)cc1CO. The summed E-state index contributed by atoms with van der Waals surface area (Å²) in [7, 11) is -3.50. The maximum atomic E-state index is 12.5. The van der Waals surface area contributed by atoms with E-state index in [0.717, 1.165) is 36.8 Å². The summed E-state index contributed by atoms with van der Waals surface area (Å²) >= 11 is 0. The maximum absolute atomic E-state index is 12.5. The van der Waals surface area contributed by atoms with Crippen molar-refractivity contribution in [3.63, 3.8) is 0 Å². The van der Waals surface area contributed by atoms with E-state index in [2.05, 4.69) is 4.72 Å². The highest BCUT2D eigenvalue weighted by Crippen LogP contribution is 2.23. The van der Waals surface area contributed by atoms with Crippen molar-refractivity contribution in [2.24, 2.45) is 0 Å². The molecule has 0 bridgehead atoms. The average Bonchev–Trinajstić information content (AvgIpc) is 2.39. The number of aryl methyl sites for hydroxylation is 2. The van der Waals surface area contributed by atoms with E-state index < -0.39 is 10.0 Å². The Kier molecular flexibility index (Phi) is 4.83. The van der Waals surface area contributed by atoms with E-state index in [0.29, 0.717) is 5.56 Å². The van der Waals surface area contributed by atoms with Gasteiger partial charge in [-0.1, -0.05) is 25.3 Å². The van der Waals surface area contributed by atoms with Crippen molar-refractivity contribution < 1.29 is 13.5 Å². The molecule has 1 saturated carbocycles. The van der Waals surface area contributed by atoms with Gasteiger partial charge in [-0.2, -0.15) is 0 Å². The van der Waals surface area contributed by atoms with E-state index >= 15 is 0 Å². The number of aliphatic hydroxyl groups is 1. The number of sulfonamides is 1. The lowest BCUT2D eigenvalue weighted by molar-refractivity contribution is 0.280. The van der Waals surface area contributed by atoms with E-state index in [-0.39, 0.29) is 17.5 Å². The fraction of sp³-hybridized carbons (Fsp3) is 0.600. The third kappa shape index (κ3) is 3.40. The summed E-state index contributed by atoms with van der Waals surface area (Å²) in [5.41, 5.74) is 2.31. The van der Waals surface area contributed by atoms with Crippen molar-refractivity contribution in [3.8, 4) is 0 Å². The summed E-state index contributed by atoms with van der Waals surface area (Å²) in [6.45, 7) is 3.53. The molecule has 2 rings (SSSR count). The van der Waals surface area contributed by atoms with Crippen LogP contribution in [0.25, 0.3) is 0 Å². The van der Waals surface area contributed by atoms with Crippen LogP contribution in [0, 0.1) is 13.8 Å². The summed E-state index contributed by atoms with van der Waals surface area (Å²) in [5, 5.41) is 9.31. The molecule has 1 aromatic carbocycles. The number of hydrogen-bond acceptors (Lipinski definition) is 3. The highest BCUT2D eigenvalue weighted by molar-refractivity contribution is 7.89. The Morgan fingerprint density at radius 1 is 1.15 bits per heavy atom.